The molecule has 1 aliphatic carbocycles. The predicted molar refractivity (Wildman–Crippen MR) is 105 cm³/mol. The van der Waals surface area contributed by atoms with Crippen molar-refractivity contribution in [3.63, 3.8) is 0 Å². The van der Waals surface area contributed by atoms with Crippen molar-refractivity contribution >= 4 is 0 Å². The average molecular weight is 370 g/mol. The number of aromatic nitrogens is 2. The van der Waals surface area contributed by atoms with Gasteiger partial charge in [0.05, 0.1) is 31.1 Å². The lowest BCUT2D eigenvalue weighted by Gasteiger charge is -2.24. The minimum absolute atomic E-state index is 0.177. The van der Waals surface area contributed by atoms with Crippen LogP contribution in [-0.2, 0) is 11.2 Å². The Labute approximate surface area is 161 Å². The molecule has 0 bridgehead atoms. The highest BCUT2D eigenvalue weighted by Crippen LogP contribution is 2.37. The van der Waals surface area contributed by atoms with E-state index >= 15 is 0 Å². The third kappa shape index (κ3) is 3.98. The third-order valence-corrected chi connectivity index (χ3v) is 5.67. The predicted octanol–water partition coefficient (Wildman–Crippen LogP) is 5.14. The second-order valence-corrected chi connectivity index (χ2v) is 7.54. The Morgan fingerprint density at radius 3 is 2.63 bits per heavy atom. The fourth-order valence-electron chi connectivity index (χ4n) is 4.15. The van der Waals surface area contributed by atoms with Gasteiger partial charge in [0.15, 0.2) is 17.8 Å². The molecule has 5 nitrogen and oxygen atoms in total. The zero-order chi connectivity index (χ0) is 18.6. The molecule has 4 rings (SSSR count). The average Bonchev–Trinajstić information content (AvgIpc) is 3.38. The van der Waals surface area contributed by atoms with Gasteiger partial charge in [-0.15, -0.1) is 0 Å². The summed E-state index contributed by atoms with van der Waals surface area (Å²) >= 11 is 0. The Morgan fingerprint density at radius 2 is 1.93 bits per heavy atom. The van der Waals surface area contributed by atoms with E-state index in [1.54, 1.807) is 7.11 Å². The minimum Gasteiger partial charge on any atom is -0.493 e. The maximum atomic E-state index is 6.10. The highest BCUT2D eigenvalue weighted by atomic mass is 16.7. The molecule has 2 heterocycles. The summed E-state index contributed by atoms with van der Waals surface area (Å²) in [5, 5.41) is 4.92. The quantitative estimate of drug-likeness (QED) is 0.706. The van der Waals surface area contributed by atoms with E-state index in [0.717, 1.165) is 48.6 Å². The Hall–Kier alpha value is -2.01. The normalized spacial score (nSPS) is 20.7. The molecule has 0 unspecified atom stereocenters. The summed E-state index contributed by atoms with van der Waals surface area (Å²) in [6.45, 7) is 2.93. The van der Waals surface area contributed by atoms with E-state index in [-0.39, 0.29) is 6.29 Å². The van der Waals surface area contributed by atoms with Crippen LogP contribution in [0, 0.1) is 0 Å². The maximum Gasteiger partial charge on any atom is 0.200 e. The van der Waals surface area contributed by atoms with E-state index in [0.29, 0.717) is 6.04 Å². The topological polar surface area (TPSA) is 45.5 Å². The third-order valence-electron chi connectivity index (χ3n) is 5.67. The summed E-state index contributed by atoms with van der Waals surface area (Å²) in [6.07, 6.45) is 9.10. The van der Waals surface area contributed by atoms with Crippen LogP contribution in [0.1, 0.15) is 63.6 Å². The SMILES string of the molecule is CCc1cc(-c2ccc(OC)c(O[C@H]3CCCO3)c2)n(C2CCCCC2)n1. The van der Waals surface area contributed by atoms with Crippen molar-refractivity contribution in [1.82, 2.24) is 9.78 Å². The first-order valence-electron chi connectivity index (χ1n) is 10.3. The van der Waals surface area contributed by atoms with Crippen molar-refractivity contribution in [3.8, 4) is 22.8 Å². The van der Waals surface area contributed by atoms with Crippen LogP contribution in [0.3, 0.4) is 0 Å². The van der Waals surface area contributed by atoms with Gasteiger partial charge < -0.3 is 14.2 Å². The van der Waals surface area contributed by atoms with E-state index < -0.39 is 0 Å². The Morgan fingerprint density at radius 1 is 1.07 bits per heavy atom. The first-order valence-corrected chi connectivity index (χ1v) is 10.3. The molecular formula is C22H30N2O3. The molecule has 1 saturated heterocycles. The lowest BCUT2D eigenvalue weighted by molar-refractivity contribution is -0.0402. The number of benzene rings is 1. The molecule has 2 aliphatic rings. The van der Waals surface area contributed by atoms with E-state index in [2.05, 4.69) is 29.8 Å². The Bertz CT molecular complexity index is 759. The summed E-state index contributed by atoms with van der Waals surface area (Å²) in [5.74, 6) is 1.49. The second kappa shape index (κ2) is 8.34. The van der Waals surface area contributed by atoms with Crippen LogP contribution < -0.4 is 9.47 Å². The number of hydrogen-bond donors (Lipinski definition) is 0. The van der Waals surface area contributed by atoms with Gasteiger partial charge in [-0.2, -0.15) is 5.10 Å². The van der Waals surface area contributed by atoms with Gasteiger partial charge in [0, 0.05) is 12.0 Å². The lowest BCUT2D eigenvalue weighted by atomic mass is 9.95. The highest BCUT2D eigenvalue weighted by Gasteiger charge is 2.23. The molecule has 1 aromatic heterocycles. The van der Waals surface area contributed by atoms with Crippen molar-refractivity contribution in [2.24, 2.45) is 0 Å². The van der Waals surface area contributed by atoms with E-state index in [1.807, 2.05) is 6.07 Å². The van der Waals surface area contributed by atoms with Crippen LogP contribution in [0.25, 0.3) is 11.3 Å². The standard InChI is InChI=1S/C22H30N2O3/c1-3-17-15-19(24(23-17)18-8-5-4-6-9-18)16-11-12-20(25-2)21(14-16)27-22-10-7-13-26-22/h11-12,14-15,18,22H,3-10,13H2,1-2H3/t22-/m0/s1. The van der Waals surface area contributed by atoms with Crippen molar-refractivity contribution in [3.05, 3.63) is 30.0 Å². The van der Waals surface area contributed by atoms with Gasteiger partial charge in [-0.1, -0.05) is 26.2 Å². The number of methoxy groups -OCH3 is 1. The fraction of sp³-hybridized carbons (Fsp3) is 0.591. The van der Waals surface area contributed by atoms with E-state index in [4.69, 9.17) is 19.3 Å². The number of ether oxygens (including phenoxy) is 3. The smallest absolute Gasteiger partial charge is 0.200 e. The largest absolute Gasteiger partial charge is 0.493 e. The zero-order valence-electron chi connectivity index (χ0n) is 16.4. The summed E-state index contributed by atoms with van der Waals surface area (Å²) in [7, 11) is 1.68. The monoisotopic (exact) mass is 370 g/mol. The molecular weight excluding hydrogens is 340 g/mol. The van der Waals surface area contributed by atoms with Crippen molar-refractivity contribution in [2.75, 3.05) is 13.7 Å². The van der Waals surface area contributed by atoms with Crippen molar-refractivity contribution in [1.29, 1.82) is 0 Å². The van der Waals surface area contributed by atoms with Gasteiger partial charge in [0.1, 0.15) is 0 Å². The number of aryl methyl sites for hydroxylation is 1. The molecule has 2 fully saturated rings. The molecule has 1 atom stereocenters. The van der Waals surface area contributed by atoms with E-state index in [1.165, 1.54) is 37.8 Å². The van der Waals surface area contributed by atoms with Crippen molar-refractivity contribution < 1.29 is 14.2 Å². The Kier molecular flexibility index (Phi) is 5.67. The number of hydrogen-bond acceptors (Lipinski definition) is 4. The van der Waals surface area contributed by atoms with Crippen LogP contribution >= 0.6 is 0 Å². The number of rotatable bonds is 6. The summed E-state index contributed by atoms with van der Waals surface area (Å²) in [4.78, 5) is 0. The Balaban J connectivity index is 1.68. The molecule has 0 amide bonds. The first-order chi connectivity index (χ1) is 13.3. The minimum atomic E-state index is -0.177. The van der Waals surface area contributed by atoms with Crippen LogP contribution in [0.15, 0.2) is 24.3 Å². The van der Waals surface area contributed by atoms with Crippen LogP contribution in [-0.4, -0.2) is 29.8 Å². The van der Waals surface area contributed by atoms with Gasteiger partial charge in [0.2, 0.25) is 0 Å². The molecule has 0 radical (unpaired) electrons. The molecule has 2 aromatic rings. The summed E-state index contributed by atoms with van der Waals surface area (Å²) < 4.78 is 19.5. The van der Waals surface area contributed by atoms with Crippen LogP contribution in [0.4, 0.5) is 0 Å². The molecule has 1 aromatic carbocycles. The van der Waals surface area contributed by atoms with Gasteiger partial charge in [-0.05, 0) is 49.9 Å². The summed E-state index contributed by atoms with van der Waals surface area (Å²) in [6, 6.07) is 8.90. The molecule has 146 valence electrons. The van der Waals surface area contributed by atoms with Gasteiger partial charge in [0.25, 0.3) is 0 Å². The molecule has 0 spiro atoms. The highest BCUT2D eigenvalue weighted by molar-refractivity contribution is 5.65. The van der Waals surface area contributed by atoms with Crippen molar-refractivity contribution in [2.45, 2.75) is 70.6 Å². The molecule has 0 N–H and O–H groups in total. The van der Waals surface area contributed by atoms with Gasteiger partial charge in [-0.25, -0.2) is 0 Å². The summed E-state index contributed by atoms with van der Waals surface area (Å²) in [5.41, 5.74) is 3.45. The van der Waals surface area contributed by atoms with Crippen LogP contribution in [0.2, 0.25) is 0 Å². The van der Waals surface area contributed by atoms with Crippen LogP contribution in [0.5, 0.6) is 11.5 Å². The number of nitrogens with zero attached hydrogens (tertiary/aromatic N) is 2. The molecule has 5 heteroatoms. The molecule has 1 aliphatic heterocycles. The first kappa shape index (κ1) is 18.4. The molecule has 27 heavy (non-hydrogen) atoms. The zero-order valence-corrected chi connectivity index (χ0v) is 16.4. The second-order valence-electron chi connectivity index (χ2n) is 7.54. The van der Waals surface area contributed by atoms with Gasteiger partial charge in [-0.3, -0.25) is 4.68 Å². The van der Waals surface area contributed by atoms with E-state index in [9.17, 15) is 0 Å². The van der Waals surface area contributed by atoms with Gasteiger partial charge >= 0.3 is 0 Å². The molecule has 1 saturated carbocycles. The fourth-order valence-corrected chi connectivity index (χ4v) is 4.15. The maximum absolute atomic E-state index is 6.10. The lowest BCUT2D eigenvalue weighted by Crippen LogP contribution is -2.16.